The van der Waals surface area contributed by atoms with E-state index in [1.807, 2.05) is 0 Å². The van der Waals surface area contributed by atoms with Gasteiger partial charge in [0, 0.05) is 38.9 Å². The summed E-state index contributed by atoms with van der Waals surface area (Å²) >= 11 is 0. The summed E-state index contributed by atoms with van der Waals surface area (Å²) in [6, 6.07) is 10.4. The molecule has 0 unspecified atom stereocenters. The number of benzene rings is 1. The number of aryl methyl sites for hydroxylation is 1. The fraction of sp³-hybridized carbons (Fsp3) is 0.353. The lowest BCUT2D eigenvalue weighted by Crippen LogP contribution is -2.46. The van der Waals surface area contributed by atoms with Gasteiger partial charge in [0.05, 0.1) is 11.9 Å². The Labute approximate surface area is 125 Å². The highest BCUT2D eigenvalue weighted by Crippen LogP contribution is 2.20. The largest absolute Gasteiger partial charge is 0.367 e. The van der Waals surface area contributed by atoms with E-state index >= 15 is 0 Å². The van der Waals surface area contributed by atoms with E-state index in [-0.39, 0.29) is 5.82 Å². The molecule has 2 heterocycles. The molecule has 2 aromatic rings. The van der Waals surface area contributed by atoms with E-state index in [9.17, 15) is 4.39 Å². The number of halogens is 1. The molecule has 1 aliphatic heterocycles. The summed E-state index contributed by atoms with van der Waals surface area (Å²) in [6.45, 7) is 6.68. The molecule has 3 rings (SSSR count). The van der Waals surface area contributed by atoms with Crippen LogP contribution in [0, 0.1) is 12.7 Å². The molecule has 1 aliphatic rings. The Balaban J connectivity index is 1.58. The molecule has 3 nitrogen and oxygen atoms in total. The Hall–Kier alpha value is -1.94. The smallest absolute Gasteiger partial charge is 0.164 e. The zero-order chi connectivity index (χ0) is 14.7. The van der Waals surface area contributed by atoms with Gasteiger partial charge >= 0.3 is 0 Å². The van der Waals surface area contributed by atoms with E-state index < -0.39 is 0 Å². The van der Waals surface area contributed by atoms with Gasteiger partial charge in [-0.25, -0.2) is 4.39 Å². The summed E-state index contributed by atoms with van der Waals surface area (Å²) in [6.07, 6.45) is 2.94. The van der Waals surface area contributed by atoms with E-state index in [0.29, 0.717) is 5.69 Å². The lowest BCUT2D eigenvalue weighted by atomic mass is 10.1. The van der Waals surface area contributed by atoms with Gasteiger partial charge in [-0.1, -0.05) is 29.8 Å². The zero-order valence-electron chi connectivity index (χ0n) is 12.3. The van der Waals surface area contributed by atoms with Gasteiger partial charge in [-0.3, -0.25) is 9.88 Å². The van der Waals surface area contributed by atoms with Crippen LogP contribution in [0.1, 0.15) is 11.1 Å². The molecule has 4 heteroatoms. The van der Waals surface area contributed by atoms with Gasteiger partial charge in [0.25, 0.3) is 0 Å². The van der Waals surface area contributed by atoms with E-state index in [4.69, 9.17) is 0 Å². The fourth-order valence-electron chi connectivity index (χ4n) is 2.72. The third kappa shape index (κ3) is 3.39. The Morgan fingerprint density at radius 3 is 2.43 bits per heavy atom. The van der Waals surface area contributed by atoms with E-state index in [2.05, 4.69) is 46.0 Å². The molecule has 0 N–H and O–H groups in total. The molecule has 0 radical (unpaired) electrons. The minimum Gasteiger partial charge on any atom is -0.367 e. The van der Waals surface area contributed by atoms with Crippen LogP contribution in [0.3, 0.4) is 0 Å². The molecule has 21 heavy (non-hydrogen) atoms. The first-order valence-corrected chi connectivity index (χ1v) is 7.35. The number of piperazine rings is 1. The van der Waals surface area contributed by atoms with E-state index in [1.54, 1.807) is 12.3 Å². The second-order valence-corrected chi connectivity index (χ2v) is 5.58. The minimum absolute atomic E-state index is 0.232. The Morgan fingerprint density at radius 1 is 1.05 bits per heavy atom. The first-order valence-electron chi connectivity index (χ1n) is 7.35. The van der Waals surface area contributed by atoms with Crippen LogP contribution in [0.25, 0.3) is 0 Å². The van der Waals surface area contributed by atoms with Crippen LogP contribution < -0.4 is 4.90 Å². The Bertz CT molecular complexity index is 589. The monoisotopic (exact) mass is 285 g/mol. The van der Waals surface area contributed by atoms with Crippen LogP contribution in [-0.4, -0.2) is 36.1 Å². The van der Waals surface area contributed by atoms with Crippen molar-refractivity contribution in [2.24, 2.45) is 0 Å². The van der Waals surface area contributed by atoms with Crippen LogP contribution in [0.4, 0.5) is 10.1 Å². The van der Waals surface area contributed by atoms with Gasteiger partial charge in [0.1, 0.15) is 0 Å². The maximum Gasteiger partial charge on any atom is 0.164 e. The number of hydrogen-bond acceptors (Lipinski definition) is 3. The molecule has 0 atom stereocenters. The summed E-state index contributed by atoms with van der Waals surface area (Å²) in [7, 11) is 0. The molecule has 0 aliphatic carbocycles. The van der Waals surface area contributed by atoms with E-state index in [0.717, 1.165) is 32.7 Å². The summed E-state index contributed by atoms with van der Waals surface area (Å²) < 4.78 is 13.7. The van der Waals surface area contributed by atoms with Crippen LogP contribution in [0.15, 0.2) is 42.7 Å². The van der Waals surface area contributed by atoms with Gasteiger partial charge in [0.2, 0.25) is 0 Å². The number of aromatic nitrogens is 1. The first-order chi connectivity index (χ1) is 10.2. The zero-order valence-corrected chi connectivity index (χ0v) is 12.3. The molecular weight excluding hydrogens is 265 g/mol. The Morgan fingerprint density at radius 2 is 1.76 bits per heavy atom. The fourth-order valence-corrected chi connectivity index (χ4v) is 2.72. The van der Waals surface area contributed by atoms with Crippen LogP contribution in [-0.2, 0) is 6.54 Å². The van der Waals surface area contributed by atoms with Gasteiger partial charge in [-0.05, 0) is 18.6 Å². The highest BCUT2D eigenvalue weighted by Gasteiger charge is 2.19. The lowest BCUT2D eigenvalue weighted by molar-refractivity contribution is 0.249. The third-order valence-corrected chi connectivity index (χ3v) is 3.99. The van der Waals surface area contributed by atoms with E-state index in [1.165, 1.54) is 17.3 Å². The number of pyridine rings is 1. The lowest BCUT2D eigenvalue weighted by Gasteiger charge is -2.36. The predicted octanol–water partition coefficient (Wildman–Crippen LogP) is 2.85. The van der Waals surface area contributed by atoms with Gasteiger partial charge < -0.3 is 4.90 Å². The van der Waals surface area contributed by atoms with Crippen molar-refractivity contribution in [3.8, 4) is 0 Å². The molecular formula is C17H20FN3. The predicted molar refractivity (Wildman–Crippen MR) is 82.9 cm³/mol. The maximum absolute atomic E-state index is 13.7. The molecule has 1 saturated heterocycles. The van der Waals surface area contributed by atoms with Crippen molar-refractivity contribution in [2.45, 2.75) is 13.5 Å². The standard InChI is InChI=1S/C17H20FN3/c1-14-2-4-15(5-3-14)13-20-8-10-21(11-9-20)17-6-7-19-12-16(17)18/h2-7,12H,8-11,13H2,1H3. The highest BCUT2D eigenvalue weighted by molar-refractivity contribution is 5.46. The summed E-state index contributed by atoms with van der Waals surface area (Å²) in [5.74, 6) is -0.232. The summed E-state index contributed by atoms with van der Waals surface area (Å²) in [5, 5.41) is 0. The van der Waals surface area contributed by atoms with Crippen LogP contribution in [0.5, 0.6) is 0 Å². The molecule has 0 saturated carbocycles. The number of rotatable bonds is 3. The first kappa shape index (κ1) is 14.0. The van der Waals surface area contributed by atoms with Crippen LogP contribution >= 0.6 is 0 Å². The third-order valence-electron chi connectivity index (χ3n) is 3.99. The second kappa shape index (κ2) is 6.22. The number of hydrogen-bond donors (Lipinski definition) is 0. The average molecular weight is 285 g/mol. The second-order valence-electron chi connectivity index (χ2n) is 5.58. The van der Waals surface area contributed by atoms with Gasteiger partial charge in [0.15, 0.2) is 5.82 Å². The SMILES string of the molecule is Cc1ccc(CN2CCN(c3ccncc3F)CC2)cc1. The van der Waals surface area contributed by atoms with Crippen molar-refractivity contribution >= 4 is 5.69 Å². The highest BCUT2D eigenvalue weighted by atomic mass is 19.1. The van der Waals surface area contributed by atoms with Crippen LogP contribution in [0.2, 0.25) is 0 Å². The van der Waals surface area contributed by atoms with Crippen molar-refractivity contribution in [3.63, 3.8) is 0 Å². The summed E-state index contributed by atoms with van der Waals surface area (Å²) in [5.41, 5.74) is 3.29. The van der Waals surface area contributed by atoms with Crippen molar-refractivity contribution in [1.29, 1.82) is 0 Å². The minimum atomic E-state index is -0.232. The van der Waals surface area contributed by atoms with Gasteiger partial charge in [-0.2, -0.15) is 0 Å². The maximum atomic E-state index is 13.7. The van der Waals surface area contributed by atoms with Crippen molar-refractivity contribution in [3.05, 3.63) is 59.7 Å². The normalized spacial score (nSPS) is 16.2. The molecule has 1 aromatic heterocycles. The Kier molecular flexibility index (Phi) is 4.15. The molecule has 1 aromatic carbocycles. The van der Waals surface area contributed by atoms with Crippen molar-refractivity contribution in [1.82, 2.24) is 9.88 Å². The van der Waals surface area contributed by atoms with Crippen molar-refractivity contribution in [2.75, 3.05) is 31.1 Å². The van der Waals surface area contributed by atoms with Gasteiger partial charge in [-0.15, -0.1) is 0 Å². The number of anilines is 1. The molecule has 110 valence electrons. The molecule has 1 fully saturated rings. The quantitative estimate of drug-likeness (QED) is 0.864. The molecule has 0 bridgehead atoms. The number of nitrogens with zero attached hydrogens (tertiary/aromatic N) is 3. The van der Waals surface area contributed by atoms with Crippen molar-refractivity contribution < 1.29 is 4.39 Å². The topological polar surface area (TPSA) is 19.4 Å². The summed E-state index contributed by atoms with van der Waals surface area (Å²) in [4.78, 5) is 8.32. The molecule has 0 amide bonds. The average Bonchev–Trinajstić information content (AvgIpc) is 2.51. The molecule has 0 spiro atoms.